The summed E-state index contributed by atoms with van der Waals surface area (Å²) in [5.74, 6) is -0.755. The Morgan fingerprint density at radius 1 is 0.974 bits per heavy atom. The summed E-state index contributed by atoms with van der Waals surface area (Å²) in [5.41, 5.74) is 2.22. The Balaban J connectivity index is 1.96. The van der Waals surface area contributed by atoms with Crippen molar-refractivity contribution in [2.24, 2.45) is 0 Å². The van der Waals surface area contributed by atoms with Gasteiger partial charge in [-0.3, -0.25) is 13.9 Å². The molecule has 3 aromatic carbocycles. The lowest BCUT2D eigenvalue weighted by Gasteiger charge is -2.32. The molecule has 0 heterocycles. The van der Waals surface area contributed by atoms with Gasteiger partial charge in [0.15, 0.2) is 0 Å². The molecule has 2 amide bonds. The highest BCUT2D eigenvalue weighted by Crippen LogP contribution is 2.26. The number of sulfonamides is 1. The van der Waals surface area contributed by atoms with Crippen molar-refractivity contribution < 1.29 is 18.0 Å². The molecule has 0 aliphatic carbocycles. The van der Waals surface area contributed by atoms with Crippen molar-refractivity contribution in [2.45, 2.75) is 44.6 Å². The number of halogens is 1. The Hall–Kier alpha value is -3.36. The van der Waals surface area contributed by atoms with E-state index in [1.807, 2.05) is 50.2 Å². The molecule has 3 rings (SSSR count). The molecule has 0 aromatic heterocycles. The van der Waals surface area contributed by atoms with Gasteiger partial charge in [0.2, 0.25) is 11.8 Å². The Morgan fingerprint density at radius 3 is 2.29 bits per heavy atom. The number of aryl methyl sites for hydroxylation is 1. The quantitative estimate of drug-likeness (QED) is 0.347. The van der Waals surface area contributed by atoms with E-state index < -0.39 is 28.5 Å². The zero-order valence-corrected chi connectivity index (χ0v) is 23.5. The predicted octanol–water partition coefficient (Wildman–Crippen LogP) is 4.83. The van der Waals surface area contributed by atoms with Crippen LogP contribution < -0.4 is 9.62 Å². The van der Waals surface area contributed by atoms with E-state index in [0.29, 0.717) is 23.7 Å². The maximum absolute atomic E-state index is 13.8. The van der Waals surface area contributed by atoms with Crippen molar-refractivity contribution in [1.82, 2.24) is 10.2 Å². The minimum Gasteiger partial charge on any atom is -0.354 e. The van der Waals surface area contributed by atoms with Gasteiger partial charge in [-0.25, -0.2) is 8.42 Å². The maximum atomic E-state index is 13.8. The van der Waals surface area contributed by atoms with Crippen molar-refractivity contribution in [3.63, 3.8) is 0 Å². The first-order chi connectivity index (χ1) is 18.1. The lowest BCUT2D eigenvalue weighted by Crippen LogP contribution is -2.52. The smallest absolute Gasteiger partial charge is 0.264 e. The van der Waals surface area contributed by atoms with Crippen LogP contribution in [0.3, 0.4) is 0 Å². The van der Waals surface area contributed by atoms with Gasteiger partial charge in [0, 0.05) is 18.1 Å². The van der Waals surface area contributed by atoms with Gasteiger partial charge in [-0.05, 0) is 74.2 Å². The van der Waals surface area contributed by atoms with E-state index in [2.05, 4.69) is 5.32 Å². The van der Waals surface area contributed by atoms with Crippen LogP contribution in [-0.2, 0) is 26.0 Å². The second kappa shape index (κ2) is 13.4. The zero-order chi connectivity index (χ0) is 27.7. The highest BCUT2D eigenvalue weighted by Gasteiger charge is 2.32. The highest BCUT2D eigenvalue weighted by atomic mass is 35.5. The third-order valence-corrected chi connectivity index (χ3v) is 8.21. The number of hydrogen-bond donors (Lipinski definition) is 1. The third kappa shape index (κ3) is 7.58. The minimum atomic E-state index is -4.12. The van der Waals surface area contributed by atoms with E-state index in [1.165, 1.54) is 29.2 Å². The number of carbonyl (C=O) groups is 2. The normalized spacial score (nSPS) is 12.0. The fourth-order valence-corrected chi connectivity index (χ4v) is 5.54. The fourth-order valence-electron chi connectivity index (χ4n) is 4.01. The summed E-state index contributed by atoms with van der Waals surface area (Å²) in [5, 5.41) is 3.25. The molecular weight excluding hydrogens is 522 g/mol. The standard InChI is InChI=1S/C29H34ClN3O4S/c1-4-18-31-29(35)23(3)32(19-17-24-10-6-5-7-11-24)28(34)21-33(26-12-8-9-22(2)20-26)38(36,37)27-15-13-25(30)14-16-27/h5-16,20,23H,4,17-19,21H2,1-3H3,(H,31,35)/t23-/m1/s1. The molecule has 7 nitrogen and oxygen atoms in total. The number of benzene rings is 3. The first-order valence-corrected chi connectivity index (χ1v) is 14.4. The molecule has 0 unspecified atom stereocenters. The molecule has 9 heteroatoms. The summed E-state index contributed by atoms with van der Waals surface area (Å²) in [6.07, 6.45) is 1.28. The van der Waals surface area contributed by atoms with E-state index in [9.17, 15) is 18.0 Å². The van der Waals surface area contributed by atoms with Crippen LogP contribution in [0.2, 0.25) is 5.02 Å². The monoisotopic (exact) mass is 555 g/mol. The molecule has 0 aliphatic heterocycles. The van der Waals surface area contributed by atoms with Crippen LogP contribution >= 0.6 is 11.6 Å². The Morgan fingerprint density at radius 2 is 1.66 bits per heavy atom. The van der Waals surface area contributed by atoms with Crippen molar-refractivity contribution >= 4 is 39.1 Å². The molecule has 0 radical (unpaired) electrons. The Kier molecular flexibility index (Phi) is 10.3. The number of nitrogens with zero attached hydrogens (tertiary/aromatic N) is 2. The van der Waals surface area contributed by atoms with E-state index in [1.54, 1.807) is 25.1 Å². The van der Waals surface area contributed by atoms with Crippen molar-refractivity contribution in [3.05, 3.63) is 95.0 Å². The molecule has 202 valence electrons. The predicted molar refractivity (Wildman–Crippen MR) is 152 cm³/mol. The van der Waals surface area contributed by atoms with Gasteiger partial charge in [-0.1, -0.05) is 61.0 Å². The molecule has 0 aliphatic rings. The van der Waals surface area contributed by atoms with Gasteiger partial charge < -0.3 is 10.2 Å². The van der Waals surface area contributed by atoms with E-state index >= 15 is 0 Å². The van der Waals surface area contributed by atoms with Gasteiger partial charge >= 0.3 is 0 Å². The van der Waals surface area contributed by atoms with Gasteiger partial charge in [-0.15, -0.1) is 0 Å². The topological polar surface area (TPSA) is 86.8 Å². The van der Waals surface area contributed by atoms with Crippen LogP contribution in [0.1, 0.15) is 31.4 Å². The van der Waals surface area contributed by atoms with Crippen LogP contribution in [-0.4, -0.2) is 50.8 Å². The molecule has 1 N–H and O–H groups in total. The van der Waals surface area contributed by atoms with Crippen LogP contribution in [0.25, 0.3) is 0 Å². The van der Waals surface area contributed by atoms with E-state index in [0.717, 1.165) is 21.9 Å². The molecule has 38 heavy (non-hydrogen) atoms. The lowest BCUT2D eigenvalue weighted by molar-refractivity contribution is -0.138. The largest absolute Gasteiger partial charge is 0.354 e. The summed E-state index contributed by atoms with van der Waals surface area (Å²) < 4.78 is 28.6. The first-order valence-electron chi connectivity index (χ1n) is 12.6. The highest BCUT2D eigenvalue weighted by molar-refractivity contribution is 7.92. The van der Waals surface area contributed by atoms with Gasteiger partial charge in [0.1, 0.15) is 12.6 Å². The lowest BCUT2D eigenvalue weighted by atomic mass is 10.1. The van der Waals surface area contributed by atoms with Gasteiger partial charge in [0.05, 0.1) is 10.6 Å². The summed E-state index contributed by atoms with van der Waals surface area (Å²) in [6, 6.07) is 21.7. The number of nitrogens with one attached hydrogen (secondary N) is 1. The summed E-state index contributed by atoms with van der Waals surface area (Å²) >= 11 is 5.98. The second-order valence-corrected chi connectivity index (χ2v) is 11.4. The summed E-state index contributed by atoms with van der Waals surface area (Å²) in [7, 11) is -4.12. The van der Waals surface area contributed by atoms with Crippen LogP contribution in [0, 0.1) is 6.92 Å². The van der Waals surface area contributed by atoms with Crippen LogP contribution in [0.4, 0.5) is 5.69 Å². The third-order valence-electron chi connectivity index (χ3n) is 6.17. The molecule has 0 fully saturated rings. The Labute approximate surface area is 230 Å². The number of anilines is 1. The molecule has 0 saturated carbocycles. The van der Waals surface area contributed by atoms with E-state index in [4.69, 9.17) is 11.6 Å². The van der Waals surface area contributed by atoms with Gasteiger partial charge in [-0.2, -0.15) is 0 Å². The molecule has 0 saturated heterocycles. The summed E-state index contributed by atoms with van der Waals surface area (Å²) in [6.45, 7) is 5.75. The van der Waals surface area contributed by atoms with E-state index in [-0.39, 0.29) is 17.3 Å². The first kappa shape index (κ1) is 29.2. The SMILES string of the molecule is CCCNC(=O)[C@@H](C)N(CCc1ccccc1)C(=O)CN(c1cccc(C)c1)S(=O)(=O)c1ccc(Cl)cc1. The summed E-state index contributed by atoms with van der Waals surface area (Å²) in [4.78, 5) is 28.1. The Bertz CT molecular complexity index is 1330. The number of carbonyl (C=O) groups excluding carboxylic acids is 2. The molecule has 0 bridgehead atoms. The minimum absolute atomic E-state index is 0.0146. The molecule has 1 atom stereocenters. The molecule has 0 spiro atoms. The number of hydrogen-bond acceptors (Lipinski definition) is 4. The van der Waals surface area contributed by atoms with Crippen LogP contribution in [0.5, 0.6) is 0 Å². The van der Waals surface area contributed by atoms with Crippen molar-refractivity contribution in [2.75, 3.05) is 23.9 Å². The average Bonchev–Trinajstić information content (AvgIpc) is 2.91. The fraction of sp³-hybridized carbons (Fsp3) is 0.310. The average molecular weight is 556 g/mol. The maximum Gasteiger partial charge on any atom is 0.264 e. The van der Waals surface area contributed by atoms with Crippen molar-refractivity contribution in [3.8, 4) is 0 Å². The van der Waals surface area contributed by atoms with Gasteiger partial charge in [0.25, 0.3) is 10.0 Å². The van der Waals surface area contributed by atoms with Crippen LogP contribution in [0.15, 0.2) is 83.8 Å². The molecular formula is C29H34ClN3O4S. The number of rotatable bonds is 12. The zero-order valence-electron chi connectivity index (χ0n) is 21.9. The molecule has 3 aromatic rings. The second-order valence-electron chi connectivity index (χ2n) is 9.09. The van der Waals surface area contributed by atoms with Crippen molar-refractivity contribution in [1.29, 1.82) is 0 Å². The number of amides is 2.